The van der Waals surface area contributed by atoms with Crippen LogP contribution in [0.15, 0.2) is 30.3 Å². The van der Waals surface area contributed by atoms with Crippen molar-refractivity contribution in [3.8, 4) is 0 Å². The zero-order valence-corrected chi connectivity index (χ0v) is 9.91. The minimum Gasteiger partial charge on any atom is -0.395 e. The number of rotatable bonds is 6. The lowest BCUT2D eigenvalue weighted by molar-refractivity contribution is 0.281. The molecule has 0 aliphatic carbocycles. The van der Waals surface area contributed by atoms with Crippen molar-refractivity contribution in [2.24, 2.45) is 5.73 Å². The molecule has 0 saturated carbocycles. The van der Waals surface area contributed by atoms with Crippen molar-refractivity contribution in [2.45, 2.75) is 30.4 Å². The van der Waals surface area contributed by atoms with E-state index >= 15 is 0 Å². The van der Waals surface area contributed by atoms with E-state index in [1.807, 2.05) is 18.2 Å². The van der Waals surface area contributed by atoms with Gasteiger partial charge in [0.15, 0.2) is 0 Å². The van der Waals surface area contributed by atoms with E-state index in [2.05, 4.69) is 19.1 Å². The topological polar surface area (TPSA) is 46.2 Å². The number of aliphatic hydroxyl groups excluding tert-OH is 1. The van der Waals surface area contributed by atoms with E-state index in [0.29, 0.717) is 0 Å². The highest BCUT2D eigenvalue weighted by Gasteiger charge is 2.15. The summed E-state index contributed by atoms with van der Waals surface area (Å²) in [6, 6.07) is 10.4. The highest BCUT2D eigenvalue weighted by Crippen LogP contribution is 2.20. The Morgan fingerprint density at radius 2 is 2.00 bits per heavy atom. The van der Waals surface area contributed by atoms with Crippen LogP contribution in [-0.2, 0) is 5.75 Å². The number of thioether (sulfide) groups is 1. The van der Waals surface area contributed by atoms with Crippen LogP contribution in [-0.4, -0.2) is 23.0 Å². The molecule has 0 bridgehead atoms. The Morgan fingerprint density at radius 3 is 2.53 bits per heavy atom. The fraction of sp³-hybridized carbons (Fsp3) is 0.500. The van der Waals surface area contributed by atoms with Gasteiger partial charge in [-0.05, 0) is 12.0 Å². The van der Waals surface area contributed by atoms with Crippen LogP contribution in [0, 0.1) is 0 Å². The maximum Gasteiger partial charge on any atom is 0.0565 e. The van der Waals surface area contributed by atoms with Crippen molar-refractivity contribution >= 4 is 11.8 Å². The van der Waals surface area contributed by atoms with Crippen LogP contribution in [0.3, 0.4) is 0 Å². The number of hydrogen-bond acceptors (Lipinski definition) is 3. The lowest BCUT2D eigenvalue weighted by Gasteiger charge is -2.19. The Kier molecular flexibility index (Phi) is 5.76. The fourth-order valence-electron chi connectivity index (χ4n) is 1.35. The first-order chi connectivity index (χ1) is 7.27. The van der Waals surface area contributed by atoms with E-state index in [1.165, 1.54) is 5.56 Å². The molecule has 0 aliphatic rings. The highest BCUT2D eigenvalue weighted by atomic mass is 32.2. The Balaban J connectivity index is 2.41. The smallest absolute Gasteiger partial charge is 0.0565 e. The summed E-state index contributed by atoms with van der Waals surface area (Å²) in [4.78, 5) is 0. The van der Waals surface area contributed by atoms with Crippen LogP contribution < -0.4 is 5.73 Å². The van der Waals surface area contributed by atoms with Crippen molar-refractivity contribution in [2.75, 3.05) is 6.61 Å². The number of hydrogen-bond donors (Lipinski definition) is 2. The molecule has 2 unspecified atom stereocenters. The molecule has 0 heterocycles. The second-order valence-electron chi connectivity index (χ2n) is 3.59. The third-order valence-corrected chi connectivity index (χ3v) is 3.86. The molecule has 0 fully saturated rings. The van der Waals surface area contributed by atoms with Gasteiger partial charge in [-0.15, -0.1) is 11.8 Å². The first-order valence-electron chi connectivity index (χ1n) is 5.30. The fourth-order valence-corrected chi connectivity index (χ4v) is 2.50. The van der Waals surface area contributed by atoms with Gasteiger partial charge in [-0.3, -0.25) is 0 Å². The van der Waals surface area contributed by atoms with Crippen molar-refractivity contribution < 1.29 is 5.11 Å². The van der Waals surface area contributed by atoms with Gasteiger partial charge in [0, 0.05) is 17.0 Å². The molecular formula is C12H19NOS. The Labute approximate surface area is 95.9 Å². The molecule has 1 rings (SSSR count). The van der Waals surface area contributed by atoms with E-state index in [0.717, 1.165) is 12.2 Å². The minimum atomic E-state index is 0.0868. The third kappa shape index (κ3) is 4.24. The molecule has 0 radical (unpaired) electrons. The predicted molar refractivity (Wildman–Crippen MR) is 66.9 cm³/mol. The molecule has 2 atom stereocenters. The first kappa shape index (κ1) is 12.6. The predicted octanol–water partition coefficient (Wildman–Crippen LogP) is 2.02. The summed E-state index contributed by atoms with van der Waals surface area (Å²) >= 11 is 1.73. The van der Waals surface area contributed by atoms with E-state index in [9.17, 15) is 5.11 Å². The van der Waals surface area contributed by atoms with Gasteiger partial charge in [0.1, 0.15) is 0 Å². The average molecular weight is 225 g/mol. The summed E-state index contributed by atoms with van der Waals surface area (Å²) in [5.74, 6) is 0.916. The number of nitrogens with two attached hydrogens (primary N) is 1. The van der Waals surface area contributed by atoms with Gasteiger partial charge in [-0.2, -0.15) is 0 Å². The van der Waals surface area contributed by atoms with E-state index in [4.69, 9.17) is 5.73 Å². The van der Waals surface area contributed by atoms with Crippen LogP contribution in [0.2, 0.25) is 0 Å². The second-order valence-corrected chi connectivity index (χ2v) is 4.82. The molecule has 2 nitrogen and oxygen atoms in total. The molecule has 3 N–H and O–H groups in total. The zero-order valence-electron chi connectivity index (χ0n) is 9.10. The van der Waals surface area contributed by atoms with E-state index in [1.54, 1.807) is 11.8 Å². The van der Waals surface area contributed by atoms with Crippen molar-refractivity contribution in [1.82, 2.24) is 0 Å². The summed E-state index contributed by atoms with van der Waals surface area (Å²) in [5.41, 5.74) is 7.19. The van der Waals surface area contributed by atoms with Gasteiger partial charge < -0.3 is 10.8 Å². The maximum atomic E-state index is 9.20. The minimum absolute atomic E-state index is 0.0868. The van der Waals surface area contributed by atoms with E-state index < -0.39 is 0 Å². The van der Waals surface area contributed by atoms with Crippen LogP contribution in [0.4, 0.5) is 0 Å². The third-order valence-electron chi connectivity index (χ3n) is 2.44. The second kappa shape index (κ2) is 6.88. The lowest BCUT2D eigenvalue weighted by Crippen LogP contribution is -2.34. The summed E-state index contributed by atoms with van der Waals surface area (Å²) in [5, 5.41) is 9.35. The molecule has 1 aromatic rings. The molecule has 0 amide bonds. The van der Waals surface area contributed by atoms with Gasteiger partial charge in [-0.25, -0.2) is 0 Å². The zero-order chi connectivity index (χ0) is 11.1. The molecule has 1 aromatic carbocycles. The molecule has 0 saturated heterocycles. The Morgan fingerprint density at radius 1 is 1.33 bits per heavy atom. The molecule has 84 valence electrons. The van der Waals surface area contributed by atoms with Crippen molar-refractivity contribution in [3.05, 3.63) is 35.9 Å². The molecule has 0 spiro atoms. The van der Waals surface area contributed by atoms with Gasteiger partial charge in [-0.1, -0.05) is 37.3 Å². The summed E-state index contributed by atoms with van der Waals surface area (Å²) in [6.07, 6.45) is 0.910. The average Bonchev–Trinajstić information content (AvgIpc) is 2.31. The van der Waals surface area contributed by atoms with Gasteiger partial charge in [0.25, 0.3) is 0 Å². The van der Waals surface area contributed by atoms with Crippen LogP contribution >= 0.6 is 11.8 Å². The molecule has 0 aliphatic heterocycles. The summed E-state index contributed by atoms with van der Waals surface area (Å²) in [6.45, 7) is 2.21. The molecule has 15 heavy (non-hydrogen) atoms. The van der Waals surface area contributed by atoms with Crippen LogP contribution in [0.5, 0.6) is 0 Å². The Bertz CT molecular complexity index is 266. The Hall–Kier alpha value is -0.510. The quantitative estimate of drug-likeness (QED) is 0.778. The standard InChI is InChI=1S/C12H19NOS/c1-2-11(13)12(8-14)15-9-10-6-4-3-5-7-10/h3-7,11-12,14H,2,8-9,13H2,1H3. The SMILES string of the molecule is CCC(N)C(CO)SCc1ccccc1. The maximum absolute atomic E-state index is 9.20. The largest absolute Gasteiger partial charge is 0.395 e. The van der Waals surface area contributed by atoms with Crippen LogP contribution in [0.1, 0.15) is 18.9 Å². The molecular weight excluding hydrogens is 206 g/mol. The van der Waals surface area contributed by atoms with E-state index in [-0.39, 0.29) is 17.9 Å². The van der Waals surface area contributed by atoms with Gasteiger partial charge in [0.2, 0.25) is 0 Å². The monoisotopic (exact) mass is 225 g/mol. The molecule has 0 aromatic heterocycles. The lowest BCUT2D eigenvalue weighted by atomic mass is 10.2. The highest BCUT2D eigenvalue weighted by molar-refractivity contribution is 7.99. The summed E-state index contributed by atoms with van der Waals surface area (Å²) in [7, 11) is 0. The summed E-state index contributed by atoms with van der Waals surface area (Å²) < 4.78 is 0. The normalized spacial score (nSPS) is 14.9. The van der Waals surface area contributed by atoms with Gasteiger partial charge >= 0.3 is 0 Å². The van der Waals surface area contributed by atoms with Crippen molar-refractivity contribution in [1.29, 1.82) is 0 Å². The van der Waals surface area contributed by atoms with Gasteiger partial charge in [0.05, 0.1) is 6.61 Å². The van der Waals surface area contributed by atoms with Crippen molar-refractivity contribution in [3.63, 3.8) is 0 Å². The molecule has 3 heteroatoms. The number of aliphatic hydroxyl groups is 1. The number of benzene rings is 1. The first-order valence-corrected chi connectivity index (χ1v) is 6.34. The van der Waals surface area contributed by atoms with Crippen LogP contribution in [0.25, 0.3) is 0 Å².